The van der Waals surface area contributed by atoms with Crippen LogP contribution in [-0.2, 0) is 0 Å². The number of anilines is 2. The molecule has 2 heterocycles. The molecule has 1 fully saturated rings. The molecule has 0 amide bonds. The number of ether oxygens (including phenoxy) is 1. The Morgan fingerprint density at radius 1 is 1.05 bits per heavy atom. The van der Waals surface area contributed by atoms with Gasteiger partial charge in [0.25, 0.3) is 0 Å². The molecule has 5 rings (SSSR count). The van der Waals surface area contributed by atoms with Crippen molar-refractivity contribution in [3.63, 3.8) is 0 Å². The molecule has 0 unspecified atom stereocenters. The number of halogens is 1. The maximum Gasteiger partial charge on any atom is 0.247 e. The van der Waals surface area contributed by atoms with Crippen LogP contribution in [0.3, 0.4) is 0 Å². The van der Waals surface area contributed by atoms with E-state index in [9.17, 15) is 0 Å². The van der Waals surface area contributed by atoms with Gasteiger partial charge < -0.3 is 10.1 Å². The molecular weight excluding hydrogens is 484 g/mol. The first kappa shape index (κ1) is 25.1. The van der Waals surface area contributed by atoms with Gasteiger partial charge in [0, 0.05) is 47.7 Å². The van der Waals surface area contributed by atoms with E-state index in [0.717, 1.165) is 69.9 Å². The number of benzene rings is 3. The molecule has 37 heavy (non-hydrogen) atoms. The van der Waals surface area contributed by atoms with Gasteiger partial charge >= 0.3 is 0 Å². The average Bonchev–Trinajstić information content (AvgIpc) is 3.40. The van der Waals surface area contributed by atoms with Crippen molar-refractivity contribution in [1.82, 2.24) is 20.1 Å². The molecule has 0 spiro atoms. The van der Waals surface area contributed by atoms with E-state index in [1.807, 2.05) is 49.5 Å². The first-order valence-electron chi connectivity index (χ1n) is 12.6. The van der Waals surface area contributed by atoms with Crippen LogP contribution in [-0.4, -0.2) is 59.6 Å². The highest BCUT2D eigenvalue weighted by Crippen LogP contribution is 2.34. The van der Waals surface area contributed by atoms with Gasteiger partial charge in [-0.25, -0.2) is 4.98 Å². The molecule has 0 atom stereocenters. The molecule has 1 aliphatic heterocycles. The summed E-state index contributed by atoms with van der Waals surface area (Å²) >= 11 is 6.51. The molecule has 0 saturated carbocycles. The molecule has 0 bridgehead atoms. The molecule has 1 N–H and O–H groups in total. The molecule has 7 nitrogen and oxygen atoms in total. The van der Waals surface area contributed by atoms with Crippen LogP contribution < -0.4 is 10.1 Å². The summed E-state index contributed by atoms with van der Waals surface area (Å²) in [5, 5.41) is 12.8. The highest BCUT2D eigenvalue weighted by molar-refractivity contribution is 6.33. The largest absolute Gasteiger partial charge is 0.491 e. The Morgan fingerprint density at radius 3 is 2.68 bits per heavy atom. The number of hydrogen-bond acceptors (Lipinski definition) is 7. The van der Waals surface area contributed by atoms with E-state index in [1.165, 1.54) is 12.8 Å². The van der Waals surface area contributed by atoms with Crippen LogP contribution in [0.1, 0.15) is 29.5 Å². The van der Waals surface area contributed by atoms with Crippen LogP contribution in [0.4, 0.5) is 11.6 Å². The lowest BCUT2D eigenvalue weighted by atomic mass is 9.98. The van der Waals surface area contributed by atoms with Crippen molar-refractivity contribution in [1.29, 1.82) is 0 Å². The van der Waals surface area contributed by atoms with E-state index < -0.39 is 0 Å². The second-order valence-corrected chi connectivity index (χ2v) is 9.80. The first-order chi connectivity index (χ1) is 18.0. The highest BCUT2D eigenvalue weighted by atomic mass is 35.5. The monoisotopic (exact) mass is 514 g/mol. The number of aliphatic imine (C=N–C) groups is 1. The molecule has 8 heteroatoms. The SMILES string of the molecule is CN=Cc1ccc(Nc2nnc3cc(-c4c(C)cccc4Cl)cc(C)c3n2)cc1OCCN1CCCC1. The lowest BCUT2D eigenvalue weighted by Crippen LogP contribution is -2.25. The Hall–Kier alpha value is -3.55. The number of likely N-dealkylation sites (tertiary alicyclic amines) is 1. The van der Waals surface area contributed by atoms with E-state index in [2.05, 4.69) is 44.5 Å². The minimum atomic E-state index is 0.428. The summed E-state index contributed by atoms with van der Waals surface area (Å²) < 4.78 is 6.15. The lowest BCUT2D eigenvalue weighted by Gasteiger charge is -2.16. The third-order valence-electron chi connectivity index (χ3n) is 6.66. The normalized spacial score (nSPS) is 14.1. The number of fused-ring (bicyclic) bond motifs is 1. The van der Waals surface area contributed by atoms with Gasteiger partial charge in [0.15, 0.2) is 0 Å². The molecule has 1 aromatic heterocycles. The van der Waals surface area contributed by atoms with Crippen molar-refractivity contribution in [2.24, 2.45) is 4.99 Å². The van der Waals surface area contributed by atoms with E-state index in [4.69, 9.17) is 21.3 Å². The standard InChI is InChI=1S/C29H31ClN6O/c1-19-7-6-8-24(30)27(19)22-15-20(2)28-25(16-22)34-35-29(33-28)32-23-10-9-21(18-31-3)26(17-23)37-14-13-36-11-4-5-12-36/h6-10,15-18H,4-5,11-14H2,1-3H3,(H,32,33,35). The summed E-state index contributed by atoms with van der Waals surface area (Å²) in [6.07, 6.45) is 4.35. The van der Waals surface area contributed by atoms with E-state index >= 15 is 0 Å². The molecule has 4 aromatic rings. The molecular formula is C29H31ClN6O. The molecule has 190 valence electrons. The number of nitrogens with one attached hydrogen (secondary N) is 1. The predicted molar refractivity (Wildman–Crippen MR) is 152 cm³/mol. The minimum Gasteiger partial charge on any atom is -0.491 e. The number of aryl methyl sites for hydroxylation is 2. The van der Waals surface area contributed by atoms with Gasteiger partial charge in [-0.2, -0.15) is 0 Å². The van der Waals surface area contributed by atoms with Gasteiger partial charge in [0.05, 0.1) is 5.52 Å². The van der Waals surface area contributed by atoms with Crippen LogP contribution in [0.5, 0.6) is 5.75 Å². The van der Waals surface area contributed by atoms with Crippen LogP contribution >= 0.6 is 11.6 Å². The fraction of sp³-hybridized carbons (Fsp3) is 0.310. The second kappa shape index (κ2) is 11.2. The summed E-state index contributed by atoms with van der Waals surface area (Å²) in [5.41, 5.74) is 7.41. The van der Waals surface area contributed by atoms with Crippen LogP contribution in [0.25, 0.3) is 22.2 Å². The van der Waals surface area contributed by atoms with Crippen molar-refractivity contribution in [3.8, 4) is 16.9 Å². The number of hydrogen-bond donors (Lipinski definition) is 1. The fourth-order valence-corrected chi connectivity index (χ4v) is 5.14. The summed E-state index contributed by atoms with van der Waals surface area (Å²) in [7, 11) is 1.76. The minimum absolute atomic E-state index is 0.428. The Kier molecular flexibility index (Phi) is 7.63. The third kappa shape index (κ3) is 5.73. The van der Waals surface area contributed by atoms with E-state index in [0.29, 0.717) is 17.6 Å². The van der Waals surface area contributed by atoms with Gasteiger partial charge in [-0.15, -0.1) is 10.2 Å². The second-order valence-electron chi connectivity index (χ2n) is 9.39. The Labute approximate surface area is 222 Å². The molecule has 0 aliphatic carbocycles. The van der Waals surface area contributed by atoms with Gasteiger partial charge in [-0.3, -0.25) is 9.89 Å². The summed E-state index contributed by atoms with van der Waals surface area (Å²) in [6, 6.07) is 15.9. The van der Waals surface area contributed by atoms with Crippen LogP contribution in [0.2, 0.25) is 5.02 Å². The van der Waals surface area contributed by atoms with Gasteiger partial charge in [0.2, 0.25) is 5.95 Å². The van der Waals surface area contributed by atoms with Crippen LogP contribution in [0, 0.1) is 13.8 Å². The summed E-state index contributed by atoms with van der Waals surface area (Å²) in [6.45, 7) is 7.95. The smallest absolute Gasteiger partial charge is 0.247 e. The maximum atomic E-state index is 6.51. The lowest BCUT2D eigenvalue weighted by molar-refractivity contribution is 0.237. The van der Waals surface area contributed by atoms with Crippen LogP contribution in [0.15, 0.2) is 53.5 Å². The predicted octanol–water partition coefficient (Wildman–Crippen LogP) is 6.23. The Balaban J connectivity index is 1.38. The zero-order chi connectivity index (χ0) is 25.8. The fourth-order valence-electron chi connectivity index (χ4n) is 4.81. The van der Waals surface area contributed by atoms with Crippen molar-refractivity contribution < 1.29 is 4.74 Å². The number of nitrogens with zero attached hydrogens (tertiary/aromatic N) is 5. The average molecular weight is 515 g/mol. The van der Waals surface area contributed by atoms with E-state index in [-0.39, 0.29) is 0 Å². The van der Waals surface area contributed by atoms with Gasteiger partial charge in [0.1, 0.15) is 17.9 Å². The van der Waals surface area contributed by atoms with Crippen molar-refractivity contribution in [2.75, 3.05) is 38.6 Å². The van der Waals surface area contributed by atoms with Gasteiger partial charge in [-0.05, 0) is 86.8 Å². The zero-order valence-electron chi connectivity index (χ0n) is 21.5. The maximum absolute atomic E-state index is 6.51. The van der Waals surface area contributed by atoms with Gasteiger partial charge in [-0.1, -0.05) is 23.7 Å². The zero-order valence-corrected chi connectivity index (χ0v) is 22.2. The molecule has 1 saturated heterocycles. The topological polar surface area (TPSA) is 75.5 Å². The molecule has 3 aromatic carbocycles. The molecule has 1 aliphatic rings. The summed E-state index contributed by atoms with van der Waals surface area (Å²) in [4.78, 5) is 11.4. The number of aromatic nitrogens is 3. The summed E-state index contributed by atoms with van der Waals surface area (Å²) in [5.74, 6) is 1.21. The first-order valence-corrected chi connectivity index (χ1v) is 13.0. The quantitative estimate of drug-likeness (QED) is 0.281. The molecule has 0 radical (unpaired) electrons. The highest BCUT2D eigenvalue weighted by Gasteiger charge is 2.14. The van der Waals surface area contributed by atoms with E-state index in [1.54, 1.807) is 7.05 Å². The Bertz CT molecular complexity index is 1430. The third-order valence-corrected chi connectivity index (χ3v) is 6.98. The Morgan fingerprint density at radius 2 is 1.89 bits per heavy atom. The van der Waals surface area contributed by atoms with Crippen molar-refractivity contribution in [2.45, 2.75) is 26.7 Å². The van der Waals surface area contributed by atoms with Crippen molar-refractivity contribution >= 4 is 40.5 Å². The number of rotatable bonds is 8. The van der Waals surface area contributed by atoms with Crippen molar-refractivity contribution in [3.05, 3.63) is 70.2 Å².